The van der Waals surface area contributed by atoms with Crippen LogP contribution in [0.1, 0.15) is 34.9 Å². The number of benzene rings is 8. The Bertz CT molecular complexity index is 3190. The molecule has 0 atom stereocenters. The minimum atomic E-state index is 0.104. The molecule has 0 amide bonds. The number of nitrogens with two attached hydrogens (primary N) is 2. The first-order chi connectivity index (χ1) is 30.9. The minimum absolute atomic E-state index is 0.104. The van der Waals surface area contributed by atoms with Crippen LogP contribution in [0.4, 0.5) is 0 Å². The molecule has 0 aliphatic carbocycles. The summed E-state index contributed by atoms with van der Waals surface area (Å²) in [5, 5.41) is 11.1. The van der Waals surface area contributed by atoms with E-state index < -0.39 is 0 Å². The zero-order valence-corrected chi connectivity index (χ0v) is 35.7. The van der Waals surface area contributed by atoms with Crippen LogP contribution in [-0.4, -0.2) is 15.0 Å². The van der Waals surface area contributed by atoms with Crippen LogP contribution >= 0.6 is 0 Å². The number of nitrogens with one attached hydrogen (secondary N) is 1. The van der Waals surface area contributed by atoms with Crippen LogP contribution in [-0.2, 0) is 6.54 Å². The normalized spacial score (nSPS) is 11.0. The summed E-state index contributed by atoms with van der Waals surface area (Å²) in [6, 6.07) is 69.1. The largest absolute Gasteiger partial charge is 0.384 e. The maximum Gasteiger partial charge on any atom is 0.122 e. The number of nitrogens with zero attached hydrogens (tertiary/aromatic N) is 2. The van der Waals surface area contributed by atoms with Crippen LogP contribution in [0.2, 0.25) is 0 Å². The van der Waals surface area contributed by atoms with Gasteiger partial charge in [0.1, 0.15) is 5.84 Å². The van der Waals surface area contributed by atoms with Gasteiger partial charge in [-0.15, -0.1) is 0 Å². The third-order valence-corrected chi connectivity index (χ3v) is 11.2. The van der Waals surface area contributed by atoms with E-state index >= 15 is 0 Å². The summed E-state index contributed by atoms with van der Waals surface area (Å²) < 4.78 is 4.81. The highest BCUT2D eigenvalue weighted by Crippen LogP contribution is 2.41. The molecule has 0 radical (unpaired) electrons. The highest BCUT2D eigenvalue weighted by atomic mass is 15.0. The van der Waals surface area contributed by atoms with E-state index in [-0.39, 0.29) is 5.84 Å². The fraction of sp³-hybridized carbons (Fsp3) is 0.0517. The molecule has 2 heterocycles. The zero-order chi connectivity index (χ0) is 43.7. The average Bonchev–Trinajstić information content (AvgIpc) is 3.85. The van der Waals surface area contributed by atoms with Crippen molar-refractivity contribution in [1.29, 1.82) is 5.41 Å². The number of nitrogen functional groups attached to an aromatic ring is 1. The summed E-state index contributed by atoms with van der Waals surface area (Å²) in [6.07, 6.45) is 6.28. The van der Waals surface area contributed by atoms with Gasteiger partial charge in [-0.3, -0.25) is 5.41 Å². The molecule has 0 saturated heterocycles. The summed E-state index contributed by atoms with van der Waals surface area (Å²) in [5.41, 5.74) is 27.1. The zero-order valence-electron chi connectivity index (χ0n) is 35.7. The Morgan fingerprint density at radius 3 is 1.75 bits per heavy atom. The molecule has 0 unspecified atom stereocenters. The first-order valence-corrected chi connectivity index (χ1v) is 21.2. The topological polar surface area (TPSA) is 85.8 Å². The monoisotopic (exact) mass is 817 g/mol. The molecule has 0 saturated carbocycles. The van der Waals surface area contributed by atoms with E-state index in [0.29, 0.717) is 6.54 Å². The van der Waals surface area contributed by atoms with Crippen molar-refractivity contribution in [2.75, 3.05) is 0 Å². The summed E-state index contributed by atoms with van der Waals surface area (Å²) in [4.78, 5) is 0. The van der Waals surface area contributed by atoms with Gasteiger partial charge in [0.15, 0.2) is 0 Å². The lowest BCUT2D eigenvalue weighted by atomic mass is 10.0. The molecule has 8 aromatic carbocycles. The van der Waals surface area contributed by atoms with Gasteiger partial charge >= 0.3 is 0 Å². The van der Waals surface area contributed by atoms with Gasteiger partial charge in [0.2, 0.25) is 0 Å². The maximum atomic E-state index is 7.37. The maximum absolute atomic E-state index is 7.37. The Kier molecular flexibility index (Phi) is 12.7. The number of aryl methyl sites for hydroxylation is 1. The average molecular weight is 818 g/mol. The van der Waals surface area contributed by atoms with Crippen LogP contribution in [0.5, 0.6) is 0 Å². The van der Waals surface area contributed by atoms with Gasteiger partial charge in [-0.2, -0.15) is 0 Å². The van der Waals surface area contributed by atoms with Gasteiger partial charge in [-0.25, -0.2) is 0 Å². The molecular formula is C58H51N5. The van der Waals surface area contributed by atoms with Crippen LogP contribution in [0, 0.1) is 12.3 Å². The molecule has 10 aromatic rings. The number of allylic oxidation sites excluding steroid dienone is 1. The van der Waals surface area contributed by atoms with Gasteiger partial charge in [0.25, 0.3) is 0 Å². The molecule has 10 rings (SSSR count). The Morgan fingerprint density at radius 2 is 1.11 bits per heavy atom. The lowest BCUT2D eigenvalue weighted by Crippen LogP contribution is -2.10. The molecule has 0 aliphatic rings. The third kappa shape index (κ3) is 8.78. The molecule has 308 valence electrons. The highest BCUT2D eigenvalue weighted by Gasteiger charge is 2.22. The van der Waals surface area contributed by atoms with Crippen molar-refractivity contribution in [3.05, 3.63) is 241 Å². The van der Waals surface area contributed by atoms with Crippen molar-refractivity contribution in [2.24, 2.45) is 11.5 Å². The summed E-state index contributed by atoms with van der Waals surface area (Å²) in [6.45, 7) is 9.02. The van der Waals surface area contributed by atoms with Crippen molar-refractivity contribution in [3.63, 3.8) is 0 Å². The van der Waals surface area contributed by atoms with Gasteiger partial charge in [0.05, 0.1) is 22.2 Å². The SMILES string of the molecule is C=Cc1c(/C=C\C)n(-c2ccccc2)c2c1ccc1c3ccccc3n(-c3cccc(C)c3)c12.N=C(N)c1cccc(-c2ccccc2)c1.NCc1ccc(-c2ccccc2)cc1. The van der Waals surface area contributed by atoms with E-state index in [1.165, 1.54) is 60.6 Å². The number of amidine groups is 1. The minimum Gasteiger partial charge on any atom is -0.384 e. The van der Waals surface area contributed by atoms with Crippen molar-refractivity contribution in [1.82, 2.24) is 9.13 Å². The molecule has 2 aromatic heterocycles. The first kappa shape index (κ1) is 41.7. The lowest BCUT2D eigenvalue weighted by Gasteiger charge is -2.13. The van der Waals surface area contributed by atoms with E-state index in [2.05, 4.69) is 169 Å². The standard InChI is InChI=1S/C32H26N2.C13H12N2.C13H13N/c1-4-12-29-25(5-2)27-19-20-28-26-17-9-10-18-30(26)34(24-16-11-13-22(3)21-24)32(28)31(27)33(29)23-14-7-6-8-15-23;14-13(15)12-8-4-7-11(9-12)10-5-2-1-3-6-10;14-10-11-6-8-13(9-7-11)12-4-2-1-3-5-12/h4-21H,2H2,1,3H3;1-9H,(H3,14,15);1-9H,10,14H2/b12-4-;;. The molecule has 0 fully saturated rings. The second kappa shape index (κ2) is 19.2. The van der Waals surface area contributed by atoms with E-state index in [1.54, 1.807) is 0 Å². The first-order valence-electron chi connectivity index (χ1n) is 21.2. The van der Waals surface area contributed by atoms with Crippen molar-refractivity contribution in [3.8, 4) is 33.6 Å². The van der Waals surface area contributed by atoms with Crippen LogP contribution in [0.3, 0.4) is 0 Å². The molecule has 0 spiro atoms. The fourth-order valence-corrected chi connectivity index (χ4v) is 8.24. The number of rotatable bonds is 8. The summed E-state index contributed by atoms with van der Waals surface area (Å²) in [5.74, 6) is 0.104. The van der Waals surface area contributed by atoms with Crippen LogP contribution in [0.15, 0.2) is 213 Å². The van der Waals surface area contributed by atoms with Crippen LogP contribution < -0.4 is 11.5 Å². The molecular weight excluding hydrogens is 767 g/mol. The van der Waals surface area contributed by atoms with Gasteiger partial charge < -0.3 is 20.6 Å². The Balaban J connectivity index is 0.000000154. The van der Waals surface area contributed by atoms with Gasteiger partial charge in [-0.1, -0.05) is 183 Å². The van der Waals surface area contributed by atoms with Crippen molar-refractivity contribution >= 4 is 50.7 Å². The van der Waals surface area contributed by atoms with Crippen molar-refractivity contribution in [2.45, 2.75) is 20.4 Å². The summed E-state index contributed by atoms with van der Waals surface area (Å²) in [7, 11) is 0. The number of para-hydroxylation sites is 2. The predicted octanol–water partition coefficient (Wildman–Crippen LogP) is 14.2. The quantitative estimate of drug-likeness (QED) is 0.105. The number of aromatic nitrogens is 2. The highest BCUT2D eigenvalue weighted by molar-refractivity contribution is 6.20. The Hall–Kier alpha value is -7.99. The third-order valence-electron chi connectivity index (χ3n) is 11.2. The molecule has 0 bridgehead atoms. The molecule has 5 heteroatoms. The number of fused-ring (bicyclic) bond motifs is 5. The lowest BCUT2D eigenvalue weighted by molar-refractivity contribution is 1.07. The smallest absolute Gasteiger partial charge is 0.122 e. The predicted molar refractivity (Wildman–Crippen MR) is 270 cm³/mol. The number of hydrogen-bond acceptors (Lipinski definition) is 2. The van der Waals surface area contributed by atoms with E-state index in [1.807, 2.05) is 78.9 Å². The van der Waals surface area contributed by atoms with E-state index in [9.17, 15) is 0 Å². The molecule has 5 N–H and O–H groups in total. The van der Waals surface area contributed by atoms with E-state index in [4.69, 9.17) is 16.9 Å². The second-order valence-corrected chi connectivity index (χ2v) is 15.4. The summed E-state index contributed by atoms with van der Waals surface area (Å²) >= 11 is 0. The fourth-order valence-electron chi connectivity index (χ4n) is 8.24. The molecule has 0 aliphatic heterocycles. The molecule has 5 nitrogen and oxygen atoms in total. The van der Waals surface area contributed by atoms with Gasteiger partial charge in [-0.05, 0) is 89.7 Å². The van der Waals surface area contributed by atoms with E-state index in [0.717, 1.165) is 33.6 Å². The molecule has 63 heavy (non-hydrogen) atoms. The van der Waals surface area contributed by atoms with Gasteiger partial charge in [0, 0.05) is 45.2 Å². The van der Waals surface area contributed by atoms with Crippen molar-refractivity contribution < 1.29 is 0 Å². The van der Waals surface area contributed by atoms with Crippen LogP contribution in [0.25, 0.3) is 78.5 Å². The number of hydrogen-bond donors (Lipinski definition) is 3. The second-order valence-electron chi connectivity index (χ2n) is 15.4. The Morgan fingerprint density at radius 1 is 0.556 bits per heavy atom. The Labute approximate surface area is 370 Å².